The molecule has 0 saturated heterocycles. The summed E-state index contributed by atoms with van der Waals surface area (Å²) in [6.07, 6.45) is 1.76. The van der Waals surface area contributed by atoms with E-state index >= 15 is 0 Å². The fourth-order valence-electron chi connectivity index (χ4n) is 8.51. The smallest absolute Gasteiger partial charge is 0.182 e. The Bertz CT molecular complexity index is 2740. The molecule has 9 rings (SSSR count). The van der Waals surface area contributed by atoms with E-state index in [2.05, 4.69) is 121 Å². The molecule has 7 nitrogen and oxygen atoms in total. The van der Waals surface area contributed by atoms with Crippen LogP contribution in [0.4, 0.5) is 5.82 Å². The molecule has 0 spiro atoms. The number of hydrogen-bond donors (Lipinski definition) is 2. The van der Waals surface area contributed by atoms with E-state index in [1.165, 1.54) is 0 Å². The fourth-order valence-corrected chi connectivity index (χ4v) is 8.51. The highest BCUT2D eigenvalue weighted by molar-refractivity contribution is 5.94. The van der Waals surface area contributed by atoms with Crippen LogP contribution in [0.2, 0.25) is 0 Å². The Morgan fingerprint density at radius 2 is 1.03 bits per heavy atom. The molecular weight excluding hydrogens is 737 g/mol. The number of nitrogens with zero attached hydrogens (tertiary/aromatic N) is 5. The van der Waals surface area contributed by atoms with Gasteiger partial charge in [0.05, 0.1) is 18.2 Å². The van der Waals surface area contributed by atoms with Crippen LogP contribution in [-0.4, -0.2) is 31.7 Å². The predicted molar refractivity (Wildman–Crippen MR) is 238 cm³/mol. The molecule has 0 aliphatic rings. The van der Waals surface area contributed by atoms with Crippen LogP contribution in [0.15, 0.2) is 218 Å². The summed E-state index contributed by atoms with van der Waals surface area (Å²) in [6.45, 7) is -0.253. The number of hydrogen-bond acceptors (Lipinski definition) is 6. The summed E-state index contributed by atoms with van der Waals surface area (Å²) in [5, 5.41) is 34.7. The van der Waals surface area contributed by atoms with Gasteiger partial charge in [-0.1, -0.05) is 205 Å². The highest BCUT2D eigenvalue weighted by Crippen LogP contribution is 2.45. The molecule has 9 aromatic rings. The Labute approximate surface area is 349 Å². The number of fused-ring (bicyclic) bond motifs is 1. The first kappa shape index (κ1) is 37.6. The van der Waals surface area contributed by atoms with Gasteiger partial charge in [0.25, 0.3) is 0 Å². The van der Waals surface area contributed by atoms with Crippen LogP contribution < -0.4 is 5.32 Å². The Hall–Kier alpha value is -7.92. The number of nitrogens with one attached hydrogen (secondary N) is 1. The van der Waals surface area contributed by atoms with E-state index in [0.29, 0.717) is 33.7 Å². The molecule has 7 aromatic carbocycles. The summed E-state index contributed by atoms with van der Waals surface area (Å²) >= 11 is 0. The van der Waals surface area contributed by atoms with E-state index in [4.69, 9.17) is 15.3 Å². The van der Waals surface area contributed by atoms with Crippen LogP contribution in [0.25, 0.3) is 16.7 Å². The summed E-state index contributed by atoms with van der Waals surface area (Å²) in [4.78, 5) is 5.55. The van der Waals surface area contributed by atoms with Crippen LogP contribution in [0.5, 0.6) is 0 Å². The van der Waals surface area contributed by atoms with E-state index in [1.807, 2.05) is 102 Å². The lowest BCUT2D eigenvalue weighted by atomic mass is 9.77. The van der Waals surface area contributed by atoms with Gasteiger partial charge in [0.15, 0.2) is 5.65 Å². The molecule has 0 amide bonds. The Kier molecular flexibility index (Phi) is 10.4. The normalized spacial score (nSPS) is 11.9. The van der Waals surface area contributed by atoms with Crippen molar-refractivity contribution in [2.45, 2.75) is 11.1 Å². The van der Waals surface area contributed by atoms with Crippen LogP contribution >= 0.6 is 0 Å². The minimum atomic E-state index is -1.03. The SMILES string of the molecule is N#Cc1cccc(/C(=C\CO)c2cc(NC(c3ccccc3)(c3ccccc3)c3ccccc3)nc3c2nnn3C(c2ccccc2)(c2ccccc2)c2ccccc2)c1. The third-order valence-corrected chi connectivity index (χ3v) is 11.1. The van der Waals surface area contributed by atoms with Crippen LogP contribution in [0, 0.1) is 11.3 Å². The van der Waals surface area contributed by atoms with Gasteiger partial charge in [-0.3, -0.25) is 0 Å². The van der Waals surface area contributed by atoms with Crippen molar-refractivity contribution in [2.24, 2.45) is 0 Å². The van der Waals surface area contributed by atoms with Gasteiger partial charge in [-0.05, 0) is 62.7 Å². The Morgan fingerprint density at radius 3 is 1.47 bits per heavy atom. The molecule has 0 aliphatic carbocycles. The van der Waals surface area contributed by atoms with E-state index in [1.54, 1.807) is 12.1 Å². The van der Waals surface area contributed by atoms with E-state index in [9.17, 15) is 10.4 Å². The van der Waals surface area contributed by atoms with Gasteiger partial charge >= 0.3 is 0 Å². The van der Waals surface area contributed by atoms with E-state index in [-0.39, 0.29) is 6.61 Å². The standard InChI is InChI=1S/C53H40N6O/c54-38-39-20-19-21-40(36-39)47(34-35-60)48-37-49(56-52(41-22-7-1-8-23-41,42-24-9-2-10-25-42)43-26-11-3-12-27-43)55-51-50(48)57-58-59(51)53(44-28-13-4-14-29-44,45-30-15-5-16-31-45)46-32-17-6-18-33-46/h1-34,36-37,60H,35H2,(H,55,56)/b47-34+. The monoisotopic (exact) mass is 776 g/mol. The summed E-state index contributed by atoms with van der Waals surface area (Å²) in [7, 11) is 0. The molecule has 0 bridgehead atoms. The number of nitriles is 1. The molecule has 0 unspecified atom stereocenters. The first-order chi connectivity index (χ1) is 29.7. The summed E-state index contributed by atoms with van der Waals surface area (Å²) in [5.74, 6) is 0.543. The number of aromatic nitrogens is 4. The lowest BCUT2D eigenvalue weighted by Crippen LogP contribution is -2.39. The van der Waals surface area contributed by atoms with Gasteiger partial charge in [0, 0.05) is 5.56 Å². The maximum absolute atomic E-state index is 10.6. The fraction of sp³-hybridized carbons (Fsp3) is 0.0566. The van der Waals surface area contributed by atoms with Gasteiger partial charge < -0.3 is 10.4 Å². The van der Waals surface area contributed by atoms with Crippen molar-refractivity contribution < 1.29 is 5.11 Å². The second-order valence-electron chi connectivity index (χ2n) is 14.5. The van der Waals surface area contributed by atoms with Crippen molar-refractivity contribution in [3.63, 3.8) is 0 Å². The van der Waals surface area contributed by atoms with Crippen molar-refractivity contribution in [3.05, 3.63) is 268 Å². The van der Waals surface area contributed by atoms with Gasteiger partial charge in [-0.2, -0.15) is 5.26 Å². The van der Waals surface area contributed by atoms with Crippen molar-refractivity contribution >= 4 is 22.6 Å². The van der Waals surface area contributed by atoms with Gasteiger partial charge in [-0.15, -0.1) is 5.10 Å². The summed E-state index contributed by atoms with van der Waals surface area (Å²) in [6, 6.07) is 73.8. The summed E-state index contributed by atoms with van der Waals surface area (Å²) in [5.41, 5.74) is 7.64. The summed E-state index contributed by atoms with van der Waals surface area (Å²) < 4.78 is 1.94. The highest BCUT2D eigenvalue weighted by atomic mass is 16.2. The highest BCUT2D eigenvalue weighted by Gasteiger charge is 2.42. The van der Waals surface area contributed by atoms with Crippen molar-refractivity contribution in [3.8, 4) is 6.07 Å². The minimum absolute atomic E-state index is 0.253. The molecule has 60 heavy (non-hydrogen) atoms. The molecule has 0 radical (unpaired) electrons. The number of anilines is 1. The third-order valence-electron chi connectivity index (χ3n) is 11.1. The molecule has 0 saturated carbocycles. The van der Waals surface area contributed by atoms with Crippen LogP contribution in [0.3, 0.4) is 0 Å². The van der Waals surface area contributed by atoms with Crippen molar-refractivity contribution in [1.29, 1.82) is 5.26 Å². The van der Waals surface area contributed by atoms with Gasteiger partial charge in [0.2, 0.25) is 0 Å². The van der Waals surface area contributed by atoms with E-state index < -0.39 is 11.1 Å². The molecule has 2 N–H and O–H groups in total. The second-order valence-corrected chi connectivity index (χ2v) is 14.5. The first-order valence-electron chi connectivity index (χ1n) is 19.9. The average molecular weight is 777 g/mol. The maximum Gasteiger partial charge on any atom is 0.182 e. The van der Waals surface area contributed by atoms with Crippen molar-refractivity contribution in [2.75, 3.05) is 11.9 Å². The van der Waals surface area contributed by atoms with Gasteiger partial charge in [0.1, 0.15) is 22.4 Å². The molecule has 288 valence electrons. The molecule has 0 atom stereocenters. The molecule has 2 heterocycles. The maximum atomic E-state index is 10.6. The number of aliphatic hydroxyl groups is 1. The number of rotatable bonds is 12. The quantitative estimate of drug-likeness (QED) is 0.120. The average Bonchev–Trinajstić information content (AvgIpc) is 3.76. The molecular formula is C53H40N6O. The van der Waals surface area contributed by atoms with Crippen LogP contribution in [-0.2, 0) is 11.1 Å². The Morgan fingerprint density at radius 1 is 0.583 bits per heavy atom. The molecule has 0 aliphatic heterocycles. The van der Waals surface area contributed by atoms with Gasteiger partial charge in [-0.25, -0.2) is 9.67 Å². The zero-order chi connectivity index (χ0) is 40.8. The minimum Gasteiger partial charge on any atom is -0.392 e. The van der Waals surface area contributed by atoms with E-state index in [0.717, 1.165) is 38.9 Å². The molecule has 7 heteroatoms. The second kappa shape index (κ2) is 16.5. The first-order valence-corrected chi connectivity index (χ1v) is 19.9. The van der Waals surface area contributed by atoms with Crippen LogP contribution in [0.1, 0.15) is 50.1 Å². The van der Waals surface area contributed by atoms with Crippen molar-refractivity contribution in [1.82, 2.24) is 20.0 Å². The molecule has 0 fully saturated rings. The Balaban J connectivity index is 1.41. The number of pyridine rings is 1. The number of aliphatic hydroxyl groups excluding tert-OH is 1. The third kappa shape index (κ3) is 6.61. The lowest BCUT2D eigenvalue weighted by Gasteiger charge is -2.38. The topological polar surface area (TPSA) is 99.7 Å². The lowest BCUT2D eigenvalue weighted by molar-refractivity contribution is 0.343. The predicted octanol–water partition coefficient (Wildman–Crippen LogP) is 10.4. The number of benzene rings is 7. The largest absolute Gasteiger partial charge is 0.392 e. The zero-order valence-electron chi connectivity index (χ0n) is 32.7. The molecule has 2 aromatic heterocycles. The zero-order valence-corrected chi connectivity index (χ0v) is 32.7.